The highest BCUT2D eigenvalue weighted by Gasteiger charge is 2.14. The standard InChI is InChI=1S/C13H12N4O2S2/c1-8-5-15-10(21-8)6-17-12-9(3-2-4-14-12)16-13(17)20-7-11(18)19/h2-5H,6-7H2,1H3,(H,18,19). The van der Waals surface area contributed by atoms with Crippen molar-refractivity contribution in [3.63, 3.8) is 0 Å². The zero-order valence-electron chi connectivity index (χ0n) is 11.2. The predicted molar refractivity (Wildman–Crippen MR) is 81.8 cm³/mol. The second kappa shape index (κ2) is 5.82. The van der Waals surface area contributed by atoms with E-state index in [4.69, 9.17) is 5.11 Å². The maximum atomic E-state index is 10.8. The van der Waals surface area contributed by atoms with Crippen LogP contribution in [0, 0.1) is 6.92 Å². The van der Waals surface area contributed by atoms with Crippen LogP contribution in [0.2, 0.25) is 0 Å². The van der Waals surface area contributed by atoms with Gasteiger partial charge in [0.15, 0.2) is 10.8 Å². The van der Waals surface area contributed by atoms with Gasteiger partial charge in [-0.25, -0.2) is 15.0 Å². The number of aliphatic carboxylic acids is 1. The predicted octanol–water partition coefficient (Wildman–Crippen LogP) is 2.42. The first-order valence-corrected chi connectivity index (χ1v) is 8.01. The summed E-state index contributed by atoms with van der Waals surface area (Å²) in [4.78, 5) is 25.1. The number of thiazole rings is 1. The highest BCUT2D eigenvalue weighted by molar-refractivity contribution is 7.99. The molecule has 0 unspecified atom stereocenters. The van der Waals surface area contributed by atoms with Gasteiger partial charge in [-0.05, 0) is 19.1 Å². The molecule has 1 N–H and O–H groups in total. The van der Waals surface area contributed by atoms with E-state index in [9.17, 15) is 4.79 Å². The van der Waals surface area contributed by atoms with Crippen LogP contribution in [0.4, 0.5) is 0 Å². The summed E-state index contributed by atoms with van der Waals surface area (Å²) < 4.78 is 1.92. The summed E-state index contributed by atoms with van der Waals surface area (Å²) in [6, 6.07) is 3.69. The Labute approximate surface area is 128 Å². The fourth-order valence-electron chi connectivity index (χ4n) is 1.93. The highest BCUT2D eigenvalue weighted by Crippen LogP contribution is 2.24. The molecule has 0 aliphatic carbocycles. The van der Waals surface area contributed by atoms with Crippen molar-refractivity contribution in [3.05, 3.63) is 34.4 Å². The number of aryl methyl sites for hydroxylation is 1. The Morgan fingerprint density at radius 2 is 2.33 bits per heavy atom. The average molecular weight is 320 g/mol. The molecule has 3 rings (SSSR count). The summed E-state index contributed by atoms with van der Waals surface area (Å²) in [5, 5.41) is 10.5. The summed E-state index contributed by atoms with van der Waals surface area (Å²) in [5.74, 6) is -0.892. The maximum absolute atomic E-state index is 10.8. The normalized spacial score (nSPS) is 11.1. The Kier molecular flexibility index (Phi) is 3.89. The molecule has 0 atom stereocenters. The lowest BCUT2D eigenvalue weighted by Crippen LogP contribution is -2.04. The van der Waals surface area contributed by atoms with Crippen LogP contribution in [0.15, 0.2) is 29.7 Å². The molecule has 0 saturated heterocycles. The molecule has 0 spiro atoms. The SMILES string of the molecule is Cc1cnc(Cn2c(SCC(=O)O)nc3cccnc32)s1. The van der Waals surface area contributed by atoms with Crippen LogP contribution in [0.25, 0.3) is 11.2 Å². The van der Waals surface area contributed by atoms with Gasteiger partial charge in [0.2, 0.25) is 0 Å². The summed E-state index contributed by atoms with van der Waals surface area (Å²) in [6.07, 6.45) is 3.54. The molecule has 0 radical (unpaired) electrons. The van der Waals surface area contributed by atoms with Crippen LogP contribution in [-0.2, 0) is 11.3 Å². The lowest BCUT2D eigenvalue weighted by atomic mass is 10.4. The molecule has 0 aliphatic heterocycles. The number of carboxylic acids is 1. The van der Waals surface area contributed by atoms with Gasteiger partial charge in [-0.1, -0.05) is 11.8 Å². The van der Waals surface area contributed by atoms with Gasteiger partial charge >= 0.3 is 5.97 Å². The third kappa shape index (κ3) is 3.06. The van der Waals surface area contributed by atoms with E-state index in [1.165, 1.54) is 11.8 Å². The van der Waals surface area contributed by atoms with Crippen molar-refractivity contribution in [1.29, 1.82) is 0 Å². The highest BCUT2D eigenvalue weighted by atomic mass is 32.2. The number of rotatable bonds is 5. The van der Waals surface area contributed by atoms with E-state index in [1.54, 1.807) is 17.5 Å². The zero-order chi connectivity index (χ0) is 14.8. The van der Waals surface area contributed by atoms with Crippen LogP contribution < -0.4 is 0 Å². The van der Waals surface area contributed by atoms with Crippen LogP contribution in [0.5, 0.6) is 0 Å². The molecule has 3 heterocycles. The minimum atomic E-state index is -0.864. The number of carboxylic acid groups (broad SMARTS) is 1. The summed E-state index contributed by atoms with van der Waals surface area (Å²) in [5.41, 5.74) is 1.51. The molecule has 0 fully saturated rings. The van der Waals surface area contributed by atoms with E-state index in [1.807, 2.05) is 29.8 Å². The lowest BCUT2D eigenvalue weighted by molar-refractivity contribution is -0.133. The Morgan fingerprint density at radius 1 is 1.48 bits per heavy atom. The van der Waals surface area contributed by atoms with Gasteiger partial charge in [0.05, 0.1) is 12.3 Å². The number of hydrogen-bond donors (Lipinski definition) is 1. The van der Waals surface area contributed by atoms with Gasteiger partial charge in [0.25, 0.3) is 0 Å². The van der Waals surface area contributed by atoms with E-state index >= 15 is 0 Å². The smallest absolute Gasteiger partial charge is 0.313 e. The fourth-order valence-corrected chi connectivity index (χ4v) is 3.42. The van der Waals surface area contributed by atoms with E-state index in [2.05, 4.69) is 15.0 Å². The molecule has 6 nitrogen and oxygen atoms in total. The summed E-state index contributed by atoms with van der Waals surface area (Å²) >= 11 is 2.81. The number of pyridine rings is 1. The number of carbonyl (C=O) groups is 1. The number of aromatic nitrogens is 4. The first kappa shape index (κ1) is 14.0. The van der Waals surface area contributed by atoms with Gasteiger partial charge in [-0.3, -0.25) is 9.36 Å². The van der Waals surface area contributed by atoms with Gasteiger partial charge < -0.3 is 5.11 Å². The van der Waals surface area contributed by atoms with Crippen molar-refractivity contribution in [2.45, 2.75) is 18.6 Å². The molecule has 3 aromatic rings. The zero-order valence-corrected chi connectivity index (χ0v) is 12.8. The van der Waals surface area contributed by atoms with Crippen LogP contribution in [0.1, 0.15) is 9.88 Å². The average Bonchev–Trinajstić information content (AvgIpc) is 3.01. The summed E-state index contributed by atoms with van der Waals surface area (Å²) in [7, 11) is 0. The van der Waals surface area contributed by atoms with Crippen molar-refractivity contribution in [2.75, 3.05) is 5.75 Å². The van der Waals surface area contributed by atoms with Gasteiger partial charge in [0, 0.05) is 17.3 Å². The van der Waals surface area contributed by atoms with Crippen LogP contribution in [0.3, 0.4) is 0 Å². The molecule has 8 heteroatoms. The first-order valence-electron chi connectivity index (χ1n) is 6.20. The van der Waals surface area contributed by atoms with Crippen molar-refractivity contribution in [1.82, 2.24) is 19.5 Å². The molecule has 21 heavy (non-hydrogen) atoms. The van der Waals surface area contributed by atoms with Crippen molar-refractivity contribution >= 4 is 40.2 Å². The molecule has 3 aromatic heterocycles. The molecule has 0 aliphatic rings. The Morgan fingerprint density at radius 3 is 3.05 bits per heavy atom. The number of hydrogen-bond acceptors (Lipinski definition) is 6. The Hall–Kier alpha value is -1.93. The second-order valence-corrected chi connectivity index (χ2v) is 6.64. The minimum Gasteiger partial charge on any atom is -0.481 e. The molecule has 0 aromatic carbocycles. The summed E-state index contributed by atoms with van der Waals surface area (Å²) in [6.45, 7) is 2.56. The van der Waals surface area contributed by atoms with Gasteiger partial charge in [-0.2, -0.15) is 0 Å². The molecular formula is C13H12N4O2S2. The second-order valence-electron chi connectivity index (χ2n) is 4.37. The quantitative estimate of drug-likeness (QED) is 0.727. The first-order chi connectivity index (χ1) is 10.1. The van der Waals surface area contributed by atoms with Gasteiger partial charge in [-0.15, -0.1) is 11.3 Å². The van der Waals surface area contributed by atoms with E-state index in [-0.39, 0.29) is 5.75 Å². The third-order valence-electron chi connectivity index (χ3n) is 2.76. The van der Waals surface area contributed by atoms with Crippen molar-refractivity contribution in [2.24, 2.45) is 0 Å². The molecule has 108 valence electrons. The van der Waals surface area contributed by atoms with Gasteiger partial charge in [0.1, 0.15) is 10.5 Å². The Balaban J connectivity index is 2.00. The maximum Gasteiger partial charge on any atom is 0.313 e. The van der Waals surface area contributed by atoms with Crippen molar-refractivity contribution < 1.29 is 9.90 Å². The molecule has 0 bridgehead atoms. The van der Waals surface area contributed by atoms with Crippen LogP contribution in [-0.4, -0.2) is 36.3 Å². The molecule has 0 saturated carbocycles. The third-order valence-corrected chi connectivity index (χ3v) is 4.61. The fraction of sp³-hybridized carbons (Fsp3) is 0.231. The number of imidazole rings is 1. The van der Waals surface area contributed by atoms with Crippen molar-refractivity contribution in [3.8, 4) is 0 Å². The lowest BCUT2D eigenvalue weighted by Gasteiger charge is -2.05. The largest absolute Gasteiger partial charge is 0.481 e. The molecular weight excluding hydrogens is 308 g/mol. The number of fused-ring (bicyclic) bond motifs is 1. The van der Waals surface area contributed by atoms with Crippen LogP contribution >= 0.6 is 23.1 Å². The molecule has 0 amide bonds. The number of nitrogens with zero attached hydrogens (tertiary/aromatic N) is 4. The van der Waals surface area contributed by atoms with E-state index in [0.29, 0.717) is 11.7 Å². The Bertz CT molecular complexity index is 796. The van der Waals surface area contributed by atoms with E-state index < -0.39 is 5.97 Å². The minimum absolute atomic E-state index is 0.0276. The number of thioether (sulfide) groups is 1. The monoisotopic (exact) mass is 320 g/mol. The van der Waals surface area contributed by atoms with E-state index in [0.717, 1.165) is 21.0 Å². The topological polar surface area (TPSA) is 80.9 Å².